The first-order valence-electron chi connectivity index (χ1n) is 6.05. The lowest BCUT2D eigenvalue weighted by molar-refractivity contribution is 0.0697. The van der Waals surface area contributed by atoms with Gasteiger partial charge < -0.3 is 15.7 Å². The number of amides is 2. The number of nitrogens with one attached hydrogen (secondary N) is 2. The van der Waals surface area contributed by atoms with Crippen LogP contribution < -0.4 is 10.6 Å². The molecule has 19 heavy (non-hydrogen) atoms. The number of carboxylic acids is 1. The Labute approximate surface area is 115 Å². The number of urea groups is 1. The normalized spacial score (nSPS) is 18.1. The van der Waals surface area contributed by atoms with Crippen molar-refractivity contribution in [1.82, 2.24) is 5.32 Å². The SMILES string of the molecule is Cc1cc(C(=O)O)ccc1NC(=O)NC1CCSC1. The average Bonchev–Trinajstić information content (AvgIpc) is 2.84. The van der Waals surface area contributed by atoms with Gasteiger partial charge in [-0.15, -0.1) is 0 Å². The number of benzene rings is 1. The van der Waals surface area contributed by atoms with Crippen molar-refractivity contribution in [1.29, 1.82) is 0 Å². The Morgan fingerprint density at radius 2 is 2.21 bits per heavy atom. The van der Waals surface area contributed by atoms with Crippen molar-refractivity contribution in [2.24, 2.45) is 0 Å². The first-order chi connectivity index (χ1) is 9.06. The molecule has 1 aliphatic heterocycles. The molecule has 0 aromatic heterocycles. The van der Waals surface area contributed by atoms with Crippen LogP contribution in [0.2, 0.25) is 0 Å². The monoisotopic (exact) mass is 280 g/mol. The smallest absolute Gasteiger partial charge is 0.335 e. The topological polar surface area (TPSA) is 78.4 Å². The zero-order valence-electron chi connectivity index (χ0n) is 10.6. The van der Waals surface area contributed by atoms with E-state index in [-0.39, 0.29) is 17.6 Å². The number of thioether (sulfide) groups is 1. The molecule has 0 radical (unpaired) electrons. The third-order valence-corrected chi connectivity index (χ3v) is 4.15. The van der Waals surface area contributed by atoms with Gasteiger partial charge in [0.1, 0.15) is 0 Å². The Bertz CT molecular complexity index is 499. The average molecular weight is 280 g/mol. The predicted octanol–water partition coefficient (Wildman–Crippen LogP) is 2.32. The molecular weight excluding hydrogens is 264 g/mol. The molecule has 0 bridgehead atoms. The summed E-state index contributed by atoms with van der Waals surface area (Å²) in [6.45, 7) is 1.77. The van der Waals surface area contributed by atoms with E-state index in [9.17, 15) is 9.59 Å². The van der Waals surface area contributed by atoms with Gasteiger partial charge in [-0.25, -0.2) is 9.59 Å². The van der Waals surface area contributed by atoms with E-state index in [1.165, 1.54) is 6.07 Å². The van der Waals surface area contributed by atoms with Crippen LogP contribution in [-0.4, -0.2) is 34.7 Å². The minimum absolute atomic E-state index is 0.218. The minimum atomic E-state index is -0.970. The molecule has 1 fully saturated rings. The summed E-state index contributed by atoms with van der Waals surface area (Å²) in [6.07, 6.45) is 0.995. The van der Waals surface area contributed by atoms with Crippen LogP contribution in [0.5, 0.6) is 0 Å². The van der Waals surface area contributed by atoms with Crippen LogP contribution in [0.25, 0.3) is 0 Å². The summed E-state index contributed by atoms with van der Waals surface area (Å²) >= 11 is 1.83. The van der Waals surface area contributed by atoms with Crippen LogP contribution in [-0.2, 0) is 0 Å². The van der Waals surface area contributed by atoms with Gasteiger partial charge in [0.05, 0.1) is 5.56 Å². The number of carboxylic acid groups (broad SMARTS) is 1. The Morgan fingerprint density at radius 3 is 2.79 bits per heavy atom. The maximum absolute atomic E-state index is 11.8. The summed E-state index contributed by atoms with van der Waals surface area (Å²) < 4.78 is 0. The molecule has 3 N–H and O–H groups in total. The van der Waals surface area contributed by atoms with Gasteiger partial charge in [-0.1, -0.05) is 0 Å². The van der Waals surface area contributed by atoms with Crippen molar-refractivity contribution in [3.05, 3.63) is 29.3 Å². The van der Waals surface area contributed by atoms with E-state index in [2.05, 4.69) is 10.6 Å². The molecule has 102 valence electrons. The van der Waals surface area contributed by atoms with Crippen LogP contribution in [0.15, 0.2) is 18.2 Å². The maximum Gasteiger partial charge on any atom is 0.335 e. The number of aryl methyl sites for hydroxylation is 1. The number of aromatic carboxylic acids is 1. The molecule has 2 rings (SSSR count). The van der Waals surface area contributed by atoms with Crippen molar-refractivity contribution in [2.75, 3.05) is 16.8 Å². The van der Waals surface area contributed by atoms with E-state index in [1.54, 1.807) is 19.1 Å². The molecule has 0 aliphatic carbocycles. The highest BCUT2D eigenvalue weighted by Gasteiger charge is 2.17. The lowest BCUT2D eigenvalue weighted by Crippen LogP contribution is -2.37. The highest BCUT2D eigenvalue weighted by atomic mass is 32.2. The van der Waals surface area contributed by atoms with Gasteiger partial charge in [0.25, 0.3) is 0 Å². The van der Waals surface area contributed by atoms with Gasteiger partial charge in [0.2, 0.25) is 0 Å². The zero-order chi connectivity index (χ0) is 13.8. The van der Waals surface area contributed by atoms with E-state index >= 15 is 0 Å². The number of anilines is 1. The second-order valence-corrected chi connectivity index (χ2v) is 5.64. The van der Waals surface area contributed by atoms with E-state index in [0.29, 0.717) is 5.69 Å². The molecule has 0 saturated carbocycles. The zero-order valence-corrected chi connectivity index (χ0v) is 11.4. The third kappa shape index (κ3) is 3.64. The summed E-state index contributed by atoms with van der Waals surface area (Å²) in [5.41, 5.74) is 1.58. The molecule has 0 spiro atoms. The van der Waals surface area contributed by atoms with Crippen LogP contribution in [0, 0.1) is 6.92 Å². The second-order valence-electron chi connectivity index (χ2n) is 4.49. The number of rotatable bonds is 3. The number of hydrogen-bond acceptors (Lipinski definition) is 3. The maximum atomic E-state index is 11.8. The molecule has 1 saturated heterocycles. The summed E-state index contributed by atoms with van der Waals surface area (Å²) in [5, 5.41) is 14.5. The number of carbonyl (C=O) groups is 2. The minimum Gasteiger partial charge on any atom is -0.478 e. The molecule has 1 heterocycles. The summed E-state index contributed by atoms with van der Waals surface area (Å²) in [6, 6.07) is 4.63. The fourth-order valence-corrected chi connectivity index (χ4v) is 3.08. The quantitative estimate of drug-likeness (QED) is 0.794. The Kier molecular flexibility index (Phi) is 4.31. The summed E-state index contributed by atoms with van der Waals surface area (Å²) in [7, 11) is 0. The van der Waals surface area contributed by atoms with Crippen LogP contribution in [0.4, 0.5) is 10.5 Å². The van der Waals surface area contributed by atoms with Crippen LogP contribution >= 0.6 is 11.8 Å². The largest absolute Gasteiger partial charge is 0.478 e. The molecule has 1 aromatic rings. The van der Waals surface area contributed by atoms with Crippen LogP contribution in [0.3, 0.4) is 0 Å². The molecule has 5 nitrogen and oxygen atoms in total. The van der Waals surface area contributed by atoms with Gasteiger partial charge in [-0.2, -0.15) is 11.8 Å². The highest BCUT2D eigenvalue weighted by Crippen LogP contribution is 2.19. The van der Waals surface area contributed by atoms with Gasteiger partial charge in [-0.3, -0.25) is 0 Å². The lowest BCUT2D eigenvalue weighted by atomic mass is 10.1. The molecule has 2 amide bonds. The fourth-order valence-electron chi connectivity index (χ4n) is 1.93. The molecule has 6 heteroatoms. The van der Waals surface area contributed by atoms with Gasteiger partial charge in [-0.05, 0) is 42.9 Å². The number of carbonyl (C=O) groups excluding carboxylic acids is 1. The van der Waals surface area contributed by atoms with Gasteiger partial charge >= 0.3 is 12.0 Å². The Morgan fingerprint density at radius 1 is 1.42 bits per heavy atom. The van der Waals surface area contributed by atoms with E-state index < -0.39 is 5.97 Å². The first-order valence-corrected chi connectivity index (χ1v) is 7.21. The van der Waals surface area contributed by atoms with Gasteiger partial charge in [0, 0.05) is 17.5 Å². The Balaban J connectivity index is 1.98. The van der Waals surface area contributed by atoms with E-state index in [4.69, 9.17) is 5.11 Å². The molecule has 1 aliphatic rings. The van der Waals surface area contributed by atoms with Crippen molar-refractivity contribution < 1.29 is 14.7 Å². The van der Waals surface area contributed by atoms with E-state index in [1.807, 2.05) is 11.8 Å². The molecule has 1 aromatic carbocycles. The summed E-state index contributed by atoms with van der Waals surface area (Å²) in [5.74, 6) is 1.06. The van der Waals surface area contributed by atoms with E-state index in [0.717, 1.165) is 23.5 Å². The molecule has 1 atom stereocenters. The lowest BCUT2D eigenvalue weighted by Gasteiger charge is -2.14. The molecule has 1 unspecified atom stereocenters. The van der Waals surface area contributed by atoms with Crippen molar-refractivity contribution in [3.8, 4) is 0 Å². The van der Waals surface area contributed by atoms with Crippen molar-refractivity contribution in [3.63, 3.8) is 0 Å². The number of hydrogen-bond donors (Lipinski definition) is 3. The first kappa shape index (κ1) is 13.7. The fraction of sp³-hybridized carbons (Fsp3) is 0.385. The second kappa shape index (κ2) is 5.97. The highest BCUT2D eigenvalue weighted by molar-refractivity contribution is 7.99. The molecular formula is C13H16N2O3S. The Hall–Kier alpha value is -1.69. The standard InChI is InChI=1S/C13H16N2O3S/c1-8-6-9(12(16)17)2-3-11(8)15-13(18)14-10-4-5-19-7-10/h2-3,6,10H,4-5,7H2,1H3,(H,16,17)(H2,14,15,18). The predicted molar refractivity (Wildman–Crippen MR) is 76.0 cm³/mol. The van der Waals surface area contributed by atoms with Gasteiger partial charge in [0.15, 0.2) is 0 Å². The third-order valence-electron chi connectivity index (χ3n) is 2.99. The van der Waals surface area contributed by atoms with Crippen molar-refractivity contribution in [2.45, 2.75) is 19.4 Å². The van der Waals surface area contributed by atoms with Crippen LogP contribution in [0.1, 0.15) is 22.3 Å². The summed E-state index contributed by atoms with van der Waals surface area (Å²) in [4.78, 5) is 22.6. The van der Waals surface area contributed by atoms with Crippen molar-refractivity contribution >= 4 is 29.4 Å².